The Labute approximate surface area is 183 Å². The zero-order valence-corrected chi connectivity index (χ0v) is 18.2. The lowest BCUT2D eigenvalue weighted by Crippen LogP contribution is -2.52. The summed E-state index contributed by atoms with van der Waals surface area (Å²) in [6.45, 7) is 4.13. The molecule has 5 rings (SSSR count). The highest BCUT2D eigenvalue weighted by molar-refractivity contribution is 7.17. The van der Waals surface area contributed by atoms with Crippen LogP contribution < -0.4 is 5.56 Å². The van der Waals surface area contributed by atoms with Crippen LogP contribution in [0.25, 0.3) is 21.3 Å². The quantitative estimate of drug-likeness (QED) is 0.630. The molecule has 2 aromatic heterocycles. The van der Waals surface area contributed by atoms with Gasteiger partial charge in [0.15, 0.2) is 0 Å². The Balaban J connectivity index is 1.33. The van der Waals surface area contributed by atoms with E-state index >= 15 is 0 Å². The van der Waals surface area contributed by atoms with Crippen molar-refractivity contribution in [2.75, 3.05) is 26.2 Å². The highest BCUT2D eigenvalue weighted by Gasteiger charge is 2.35. The minimum atomic E-state index is -0.197. The van der Waals surface area contributed by atoms with Crippen molar-refractivity contribution in [1.29, 1.82) is 0 Å². The molecular formula is C23H24N4O3S. The third-order valence-corrected chi connectivity index (χ3v) is 6.99. The van der Waals surface area contributed by atoms with Gasteiger partial charge < -0.3 is 9.80 Å². The molecule has 0 radical (unpaired) electrons. The predicted molar refractivity (Wildman–Crippen MR) is 120 cm³/mol. The van der Waals surface area contributed by atoms with E-state index in [1.165, 1.54) is 22.2 Å². The number of thiophene rings is 1. The van der Waals surface area contributed by atoms with Gasteiger partial charge in [-0.05, 0) is 25.3 Å². The summed E-state index contributed by atoms with van der Waals surface area (Å²) in [7, 11) is 0. The highest BCUT2D eigenvalue weighted by Crippen LogP contribution is 2.32. The zero-order chi connectivity index (χ0) is 21.5. The third-order valence-electron chi connectivity index (χ3n) is 6.10. The Morgan fingerprint density at radius 3 is 2.42 bits per heavy atom. The normalized spacial score (nSPS) is 16.7. The number of benzene rings is 1. The Hall–Kier alpha value is -3.00. The molecule has 0 unspecified atom stereocenters. The molecule has 3 aromatic rings. The molecule has 1 saturated carbocycles. The van der Waals surface area contributed by atoms with E-state index in [1.807, 2.05) is 41.5 Å². The lowest BCUT2D eigenvalue weighted by Gasteiger charge is -2.35. The molecule has 31 heavy (non-hydrogen) atoms. The summed E-state index contributed by atoms with van der Waals surface area (Å²) in [5.41, 5.74) is 2.78. The lowest BCUT2D eigenvalue weighted by atomic mass is 10.1. The summed E-state index contributed by atoms with van der Waals surface area (Å²) >= 11 is 1.44. The second-order valence-corrected chi connectivity index (χ2v) is 9.21. The summed E-state index contributed by atoms with van der Waals surface area (Å²) < 4.78 is 1.40. The molecule has 1 aromatic carbocycles. The molecule has 3 heterocycles. The molecule has 2 aliphatic rings. The van der Waals surface area contributed by atoms with Crippen LogP contribution in [0.15, 0.2) is 40.8 Å². The number of hydrogen-bond acceptors (Lipinski definition) is 5. The van der Waals surface area contributed by atoms with E-state index in [0.717, 1.165) is 29.5 Å². The van der Waals surface area contributed by atoms with Gasteiger partial charge in [0.2, 0.25) is 11.8 Å². The first-order valence-electron chi connectivity index (χ1n) is 10.6. The van der Waals surface area contributed by atoms with E-state index in [9.17, 15) is 14.4 Å². The van der Waals surface area contributed by atoms with Gasteiger partial charge in [0.05, 0.1) is 11.7 Å². The molecule has 1 aliphatic carbocycles. The van der Waals surface area contributed by atoms with Crippen LogP contribution in [0.3, 0.4) is 0 Å². The van der Waals surface area contributed by atoms with Crippen LogP contribution in [0.2, 0.25) is 0 Å². The number of aromatic nitrogens is 2. The average molecular weight is 437 g/mol. The van der Waals surface area contributed by atoms with Gasteiger partial charge in [0, 0.05) is 43.0 Å². The first kappa shape index (κ1) is 19.9. The highest BCUT2D eigenvalue weighted by atomic mass is 32.1. The lowest BCUT2D eigenvalue weighted by molar-refractivity contribution is -0.140. The topological polar surface area (TPSA) is 75.5 Å². The predicted octanol–water partition coefficient (Wildman–Crippen LogP) is 2.51. The second kappa shape index (κ2) is 7.92. The van der Waals surface area contributed by atoms with Crippen molar-refractivity contribution in [1.82, 2.24) is 19.4 Å². The SMILES string of the molecule is Cc1ccc(-c2csc3ncn(CC(=O)N4CCN(C(=O)C5CC5)CC4)c(=O)c23)cc1. The molecule has 2 amide bonds. The maximum Gasteiger partial charge on any atom is 0.263 e. The molecule has 8 heteroatoms. The molecule has 1 aliphatic heterocycles. The van der Waals surface area contributed by atoms with E-state index in [-0.39, 0.29) is 29.8 Å². The first-order chi connectivity index (χ1) is 15.0. The van der Waals surface area contributed by atoms with Crippen molar-refractivity contribution < 1.29 is 9.59 Å². The Bertz CT molecular complexity index is 1200. The number of carbonyl (C=O) groups excluding carboxylic acids is 2. The molecule has 0 spiro atoms. The number of carbonyl (C=O) groups is 2. The van der Waals surface area contributed by atoms with Crippen molar-refractivity contribution in [2.24, 2.45) is 5.92 Å². The average Bonchev–Trinajstić information content (AvgIpc) is 3.55. The molecule has 7 nitrogen and oxygen atoms in total. The minimum Gasteiger partial charge on any atom is -0.339 e. The Morgan fingerprint density at radius 1 is 1.06 bits per heavy atom. The van der Waals surface area contributed by atoms with E-state index in [1.54, 1.807) is 4.90 Å². The standard InChI is InChI=1S/C23H24N4O3S/c1-15-2-4-16(5-3-15)18-13-31-21-20(18)23(30)27(14-24-21)12-19(28)25-8-10-26(11-9-25)22(29)17-6-7-17/h2-5,13-14,17H,6-12H2,1H3. The minimum absolute atomic E-state index is 0.0401. The van der Waals surface area contributed by atoms with Crippen LogP contribution in [0.4, 0.5) is 0 Å². The van der Waals surface area contributed by atoms with Gasteiger partial charge in [-0.15, -0.1) is 11.3 Å². The fraction of sp³-hybridized carbons (Fsp3) is 0.391. The van der Waals surface area contributed by atoms with Gasteiger partial charge in [-0.25, -0.2) is 4.98 Å². The number of nitrogens with zero attached hydrogens (tertiary/aromatic N) is 4. The summed E-state index contributed by atoms with van der Waals surface area (Å²) in [5.74, 6) is 0.305. The second-order valence-electron chi connectivity index (χ2n) is 8.35. The van der Waals surface area contributed by atoms with Gasteiger partial charge in [-0.2, -0.15) is 0 Å². The fourth-order valence-electron chi connectivity index (χ4n) is 4.04. The number of hydrogen-bond donors (Lipinski definition) is 0. The largest absolute Gasteiger partial charge is 0.339 e. The maximum absolute atomic E-state index is 13.2. The third kappa shape index (κ3) is 3.87. The van der Waals surface area contributed by atoms with Crippen LogP contribution in [0.5, 0.6) is 0 Å². The van der Waals surface area contributed by atoms with Crippen LogP contribution in [-0.2, 0) is 16.1 Å². The van der Waals surface area contributed by atoms with Gasteiger partial charge in [0.1, 0.15) is 11.4 Å². The summed E-state index contributed by atoms with van der Waals surface area (Å²) in [6.07, 6.45) is 3.44. The molecule has 160 valence electrons. The molecule has 1 saturated heterocycles. The number of amides is 2. The fourth-order valence-corrected chi connectivity index (χ4v) is 4.94. The number of fused-ring (bicyclic) bond motifs is 1. The van der Waals surface area contributed by atoms with Crippen LogP contribution in [0.1, 0.15) is 18.4 Å². The Morgan fingerprint density at radius 2 is 1.74 bits per heavy atom. The van der Waals surface area contributed by atoms with E-state index in [0.29, 0.717) is 36.4 Å². The van der Waals surface area contributed by atoms with Crippen molar-refractivity contribution in [3.8, 4) is 11.1 Å². The molecule has 0 atom stereocenters. The molecule has 0 N–H and O–H groups in total. The van der Waals surface area contributed by atoms with Crippen LogP contribution in [0, 0.1) is 12.8 Å². The zero-order valence-electron chi connectivity index (χ0n) is 17.4. The van der Waals surface area contributed by atoms with Crippen LogP contribution in [-0.4, -0.2) is 57.3 Å². The number of rotatable bonds is 4. The van der Waals surface area contributed by atoms with Crippen molar-refractivity contribution in [3.63, 3.8) is 0 Å². The number of piperazine rings is 1. The summed E-state index contributed by atoms with van der Waals surface area (Å²) in [4.78, 5) is 47.0. The van der Waals surface area contributed by atoms with Gasteiger partial charge in [-0.3, -0.25) is 19.0 Å². The maximum atomic E-state index is 13.2. The Kier molecular flexibility index (Phi) is 5.09. The van der Waals surface area contributed by atoms with Crippen LogP contribution >= 0.6 is 11.3 Å². The monoisotopic (exact) mass is 436 g/mol. The van der Waals surface area contributed by atoms with E-state index in [4.69, 9.17) is 0 Å². The molecule has 2 fully saturated rings. The van der Waals surface area contributed by atoms with Gasteiger partial charge in [-0.1, -0.05) is 29.8 Å². The summed E-state index contributed by atoms with van der Waals surface area (Å²) in [6, 6.07) is 8.04. The van der Waals surface area contributed by atoms with Gasteiger partial charge in [0.25, 0.3) is 5.56 Å². The van der Waals surface area contributed by atoms with E-state index in [2.05, 4.69) is 4.98 Å². The smallest absolute Gasteiger partial charge is 0.263 e. The van der Waals surface area contributed by atoms with Gasteiger partial charge >= 0.3 is 0 Å². The van der Waals surface area contributed by atoms with Crippen molar-refractivity contribution >= 4 is 33.4 Å². The molecular weight excluding hydrogens is 412 g/mol. The number of aryl methyl sites for hydroxylation is 1. The van der Waals surface area contributed by atoms with Crippen molar-refractivity contribution in [3.05, 3.63) is 51.9 Å². The summed E-state index contributed by atoms with van der Waals surface area (Å²) in [5, 5.41) is 2.51. The van der Waals surface area contributed by atoms with Crippen molar-refractivity contribution in [2.45, 2.75) is 26.3 Å². The van der Waals surface area contributed by atoms with E-state index < -0.39 is 0 Å². The first-order valence-corrected chi connectivity index (χ1v) is 11.5. The molecule has 0 bridgehead atoms.